The second kappa shape index (κ2) is 4.28. The molecule has 1 saturated carbocycles. The van der Waals surface area contributed by atoms with Crippen LogP contribution >= 0.6 is 11.6 Å². The van der Waals surface area contributed by atoms with E-state index in [1.807, 2.05) is 13.8 Å². The molecule has 1 N–H and O–H groups in total. The summed E-state index contributed by atoms with van der Waals surface area (Å²) in [6, 6.07) is 3.37. The average molecular weight is 294 g/mol. The Labute approximate surface area is 119 Å². The molecule has 2 heterocycles. The van der Waals surface area contributed by atoms with Crippen molar-refractivity contribution in [1.29, 1.82) is 0 Å². The van der Waals surface area contributed by atoms with Crippen LogP contribution in [0.5, 0.6) is 0 Å². The van der Waals surface area contributed by atoms with E-state index in [9.17, 15) is 4.79 Å². The van der Waals surface area contributed by atoms with Gasteiger partial charge in [-0.2, -0.15) is 4.98 Å². The fourth-order valence-electron chi connectivity index (χ4n) is 2.53. The summed E-state index contributed by atoms with van der Waals surface area (Å²) in [5.41, 5.74) is 0.165. The molecule has 0 spiro atoms. The summed E-state index contributed by atoms with van der Waals surface area (Å²) in [4.78, 5) is 19.5. The molecule has 0 aliphatic heterocycles. The van der Waals surface area contributed by atoms with E-state index in [0.717, 1.165) is 0 Å². The van der Waals surface area contributed by atoms with Gasteiger partial charge in [0.25, 0.3) is 0 Å². The second-order valence-electron chi connectivity index (χ2n) is 5.43. The number of carbonyl (C=O) groups is 1. The minimum absolute atomic E-state index is 0.256. The van der Waals surface area contributed by atoms with Gasteiger partial charge in [0.1, 0.15) is 5.69 Å². The lowest BCUT2D eigenvalue weighted by Crippen LogP contribution is -2.03. The summed E-state index contributed by atoms with van der Waals surface area (Å²) in [5.74, 6) is -0.912. The third kappa shape index (κ3) is 1.96. The summed E-state index contributed by atoms with van der Waals surface area (Å²) in [6.07, 6.45) is 1.49. The Morgan fingerprint density at radius 3 is 2.75 bits per heavy atom. The summed E-state index contributed by atoms with van der Waals surface area (Å²) in [7, 11) is 0. The third-order valence-electron chi connectivity index (χ3n) is 3.76. The SMILES string of the molecule is CC1(C)C(C(=O)O)C1c1nc(-c2ccc(Cl)cn2)no1. The first-order valence-corrected chi connectivity index (χ1v) is 6.47. The number of pyridine rings is 1. The monoisotopic (exact) mass is 293 g/mol. The van der Waals surface area contributed by atoms with Crippen LogP contribution in [0.1, 0.15) is 25.7 Å². The lowest BCUT2D eigenvalue weighted by molar-refractivity contribution is -0.139. The van der Waals surface area contributed by atoms with Gasteiger partial charge in [0.05, 0.1) is 16.9 Å². The number of hydrogen-bond donors (Lipinski definition) is 1. The first-order valence-electron chi connectivity index (χ1n) is 6.09. The van der Waals surface area contributed by atoms with E-state index in [2.05, 4.69) is 15.1 Å². The summed E-state index contributed by atoms with van der Waals surface area (Å²) >= 11 is 5.76. The Bertz CT molecular complexity index is 666. The Balaban J connectivity index is 1.88. The van der Waals surface area contributed by atoms with Crippen LogP contribution in [0.15, 0.2) is 22.9 Å². The van der Waals surface area contributed by atoms with Crippen LogP contribution in [-0.4, -0.2) is 26.2 Å². The van der Waals surface area contributed by atoms with Crippen molar-refractivity contribution in [3.63, 3.8) is 0 Å². The highest BCUT2D eigenvalue weighted by atomic mass is 35.5. The van der Waals surface area contributed by atoms with E-state index in [1.165, 1.54) is 6.20 Å². The maximum Gasteiger partial charge on any atom is 0.307 e. The molecule has 7 heteroatoms. The fraction of sp³-hybridized carbons (Fsp3) is 0.385. The van der Waals surface area contributed by atoms with Gasteiger partial charge in [0, 0.05) is 6.20 Å². The molecule has 2 aromatic heterocycles. The van der Waals surface area contributed by atoms with E-state index in [4.69, 9.17) is 21.2 Å². The van der Waals surface area contributed by atoms with Gasteiger partial charge in [-0.25, -0.2) is 0 Å². The highest BCUT2D eigenvalue weighted by Gasteiger charge is 2.65. The number of nitrogens with zero attached hydrogens (tertiary/aromatic N) is 3. The van der Waals surface area contributed by atoms with E-state index < -0.39 is 11.9 Å². The number of carboxylic acid groups (broad SMARTS) is 1. The number of carboxylic acids is 1. The van der Waals surface area contributed by atoms with Gasteiger partial charge < -0.3 is 9.63 Å². The topological polar surface area (TPSA) is 89.1 Å². The summed E-state index contributed by atoms with van der Waals surface area (Å²) in [6.45, 7) is 3.75. The van der Waals surface area contributed by atoms with Gasteiger partial charge in [-0.15, -0.1) is 0 Å². The number of halogens is 1. The van der Waals surface area contributed by atoms with E-state index in [-0.39, 0.29) is 11.3 Å². The van der Waals surface area contributed by atoms with Gasteiger partial charge in [-0.05, 0) is 17.5 Å². The fourth-order valence-corrected chi connectivity index (χ4v) is 2.64. The first-order chi connectivity index (χ1) is 9.41. The van der Waals surface area contributed by atoms with Crippen molar-refractivity contribution < 1.29 is 14.4 Å². The van der Waals surface area contributed by atoms with Gasteiger partial charge in [0.15, 0.2) is 0 Å². The molecule has 2 unspecified atom stereocenters. The number of hydrogen-bond acceptors (Lipinski definition) is 5. The molecule has 0 radical (unpaired) electrons. The molecule has 0 amide bonds. The molecular weight excluding hydrogens is 282 g/mol. The minimum atomic E-state index is -0.843. The van der Waals surface area contributed by atoms with Gasteiger partial charge >= 0.3 is 5.97 Å². The second-order valence-corrected chi connectivity index (χ2v) is 5.87. The Kier molecular flexibility index (Phi) is 2.79. The molecule has 1 aliphatic carbocycles. The first kappa shape index (κ1) is 13.1. The van der Waals surface area contributed by atoms with Crippen LogP contribution in [0.25, 0.3) is 11.5 Å². The zero-order valence-electron chi connectivity index (χ0n) is 10.9. The molecule has 2 aromatic rings. The predicted octanol–water partition coefficient (Wildman–Crippen LogP) is 2.61. The summed E-state index contributed by atoms with van der Waals surface area (Å²) in [5, 5.41) is 13.5. The smallest absolute Gasteiger partial charge is 0.307 e. The zero-order valence-corrected chi connectivity index (χ0v) is 11.6. The number of aliphatic carboxylic acids is 1. The van der Waals surface area contributed by atoms with Crippen molar-refractivity contribution in [3.05, 3.63) is 29.2 Å². The van der Waals surface area contributed by atoms with Gasteiger partial charge in [-0.3, -0.25) is 9.78 Å². The third-order valence-corrected chi connectivity index (χ3v) is 3.98. The normalized spacial score (nSPS) is 23.6. The highest BCUT2D eigenvalue weighted by molar-refractivity contribution is 6.30. The highest BCUT2D eigenvalue weighted by Crippen LogP contribution is 2.64. The summed E-state index contributed by atoms with van der Waals surface area (Å²) < 4.78 is 5.19. The largest absolute Gasteiger partial charge is 0.481 e. The lowest BCUT2D eigenvalue weighted by atomic mass is 10.1. The van der Waals surface area contributed by atoms with Crippen LogP contribution in [0, 0.1) is 11.3 Å². The molecule has 2 atom stereocenters. The molecule has 20 heavy (non-hydrogen) atoms. The van der Waals surface area contributed by atoms with Crippen LogP contribution in [0.4, 0.5) is 0 Å². The average Bonchev–Trinajstić information content (AvgIpc) is 2.74. The van der Waals surface area contributed by atoms with E-state index in [1.54, 1.807) is 12.1 Å². The van der Waals surface area contributed by atoms with Crippen molar-refractivity contribution >= 4 is 17.6 Å². The molecular formula is C13H12ClN3O3. The minimum Gasteiger partial charge on any atom is -0.481 e. The van der Waals surface area contributed by atoms with Crippen LogP contribution in [0.2, 0.25) is 5.02 Å². The molecule has 0 aromatic carbocycles. The predicted molar refractivity (Wildman–Crippen MR) is 70.2 cm³/mol. The van der Waals surface area contributed by atoms with E-state index >= 15 is 0 Å². The van der Waals surface area contributed by atoms with Crippen molar-refractivity contribution in [2.45, 2.75) is 19.8 Å². The van der Waals surface area contributed by atoms with Crippen molar-refractivity contribution in [2.75, 3.05) is 0 Å². The van der Waals surface area contributed by atoms with Crippen molar-refractivity contribution in [1.82, 2.24) is 15.1 Å². The van der Waals surface area contributed by atoms with Crippen LogP contribution in [0.3, 0.4) is 0 Å². The molecule has 3 rings (SSSR count). The molecule has 1 fully saturated rings. The maximum absolute atomic E-state index is 11.2. The number of aromatic nitrogens is 3. The van der Waals surface area contributed by atoms with Crippen LogP contribution < -0.4 is 0 Å². The zero-order chi connectivity index (χ0) is 14.5. The molecule has 104 valence electrons. The maximum atomic E-state index is 11.2. The number of rotatable bonds is 3. The standard InChI is InChI=1S/C13H12ClN3O3/c1-13(2)8(9(13)12(18)19)11-16-10(17-20-11)7-4-3-6(14)5-15-7/h3-5,8-9H,1-2H3,(H,18,19). The van der Waals surface area contributed by atoms with Crippen LogP contribution in [-0.2, 0) is 4.79 Å². The molecule has 1 aliphatic rings. The Hall–Kier alpha value is -1.95. The molecule has 0 saturated heterocycles. The molecule has 0 bridgehead atoms. The Morgan fingerprint density at radius 2 is 2.20 bits per heavy atom. The molecule has 6 nitrogen and oxygen atoms in total. The van der Waals surface area contributed by atoms with Gasteiger partial charge in [0.2, 0.25) is 11.7 Å². The van der Waals surface area contributed by atoms with Crippen molar-refractivity contribution in [3.8, 4) is 11.5 Å². The van der Waals surface area contributed by atoms with Gasteiger partial charge in [-0.1, -0.05) is 30.6 Å². The van der Waals surface area contributed by atoms with E-state index in [0.29, 0.717) is 22.4 Å². The van der Waals surface area contributed by atoms with Crippen molar-refractivity contribution in [2.24, 2.45) is 11.3 Å². The Morgan fingerprint density at radius 1 is 1.45 bits per heavy atom. The quantitative estimate of drug-likeness (QED) is 0.935. The lowest BCUT2D eigenvalue weighted by Gasteiger charge is -1.96.